The third-order valence-electron chi connectivity index (χ3n) is 2.44. The van der Waals surface area contributed by atoms with E-state index in [1.54, 1.807) is 0 Å². The maximum Gasteiger partial charge on any atom is 0.273 e. The van der Waals surface area contributed by atoms with Crippen molar-refractivity contribution in [3.05, 3.63) is 35.9 Å². The average molecular weight is 234 g/mol. The highest BCUT2D eigenvalue weighted by Gasteiger charge is 2.19. The predicted molar refractivity (Wildman–Crippen MR) is 67.7 cm³/mol. The molecule has 0 aliphatic heterocycles. The van der Waals surface area contributed by atoms with Gasteiger partial charge in [0.1, 0.15) is 0 Å². The highest BCUT2D eigenvalue weighted by molar-refractivity contribution is 5.86. The van der Waals surface area contributed by atoms with E-state index in [2.05, 4.69) is 10.5 Å². The van der Waals surface area contributed by atoms with Crippen molar-refractivity contribution in [2.75, 3.05) is 7.11 Å². The third kappa shape index (κ3) is 4.00. The lowest BCUT2D eigenvalue weighted by atomic mass is 10.1. The van der Waals surface area contributed by atoms with Crippen molar-refractivity contribution in [3.63, 3.8) is 0 Å². The number of hydrazone groups is 1. The zero-order chi connectivity index (χ0) is 12.7. The largest absolute Gasteiger partial charge is 0.367 e. The molecule has 0 fully saturated rings. The Morgan fingerprint density at radius 1 is 1.41 bits per heavy atom. The number of hydrogen-bond donors (Lipinski definition) is 1. The van der Waals surface area contributed by atoms with Crippen LogP contribution >= 0.6 is 0 Å². The Balaban J connectivity index is 2.72. The molecule has 0 aliphatic rings. The lowest BCUT2D eigenvalue weighted by molar-refractivity contribution is -0.131. The van der Waals surface area contributed by atoms with Crippen LogP contribution < -0.4 is 5.43 Å². The fourth-order valence-corrected chi connectivity index (χ4v) is 1.31. The molecule has 1 rings (SSSR count). The Kier molecular flexibility index (Phi) is 5.36. The second-order valence-electron chi connectivity index (χ2n) is 3.70. The summed E-state index contributed by atoms with van der Waals surface area (Å²) in [6, 6.07) is 9.34. The van der Waals surface area contributed by atoms with Crippen LogP contribution in [0, 0.1) is 0 Å². The van der Waals surface area contributed by atoms with Gasteiger partial charge in [-0.05, 0) is 18.9 Å². The summed E-state index contributed by atoms with van der Waals surface area (Å²) in [5.74, 6) is -0.258. The molecule has 1 aromatic rings. The molecule has 1 aromatic carbocycles. The lowest BCUT2D eigenvalue weighted by Crippen LogP contribution is -2.27. The average Bonchev–Trinajstić information content (AvgIpc) is 2.38. The van der Waals surface area contributed by atoms with Crippen molar-refractivity contribution in [1.82, 2.24) is 5.43 Å². The molecule has 1 N–H and O–H groups in total. The van der Waals surface area contributed by atoms with Gasteiger partial charge >= 0.3 is 0 Å². The molecule has 0 heterocycles. The highest BCUT2D eigenvalue weighted by Crippen LogP contribution is 2.15. The number of benzene rings is 1. The van der Waals surface area contributed by atoms with Gasteiger partial charge in [-0.25, -0.2) is 5.43 Å². The van der Waals surface area contributed by atoms with Gasteiger partial charge in [0.05, 0.1) is 0 Å². The number of methoxy groups -OCH3 is 1. The minimum absolute atomic E-state index is 0.258. The maximum atomic E-state index is 11.9. The number of ether oxygens (including phenoxy) is 1. The minimum atomic E-state index is -0.621. The van der Waals surface area contributed by atoms with Crippen molar-refractivity contribution in [2.45, 2.75) is 26.4 Å². The number of nitrogens with one attached hydrogen (secondary N) is 1. The molecule has 0 spiro atoms. The standard InChI is InChI=1S/C13H18N2O2/c1-4-10(2)14-15-13(16)12(17-3)11-8-6-5-7-9-11/h5-9,12H,4H2,1-3H3,(H,15,16)/b14-10-/t12-/m1/s1. The van der Waals surface area contributed by atoms with E-state index in [4.69, 9.17) is 4.74 Å². The molecule has 0 unspecified atom stereocenters. The van der Waals surface area contributed by atoms with Crippen molar-refractivity contribution in [2.24, 2.45) is 5.10 Å². The maximum absolute atomic E-state index is 11.9. The first-order valence-corrected chi connectivity index (χ1v) is 5.59. The van der Waals surface area contributed by atoms with Crippen LogP contribution in [0.25, 0.3) is 0 Å². The fraction of sp³-hybridized carbons (Fsp3) is 0.385. The molecule has 1 atom stereocenters. The van der Waals surface area contributed by atoms with E-state index in [9.17, 15) is 4.79 Å². The van der Waals surface area contributed by atoms with E-state index < -0.39 is 6.10 Å². The van der Waals surface area contributed by atoms with Gasteiger partial charge in [0, 0.05) is 12.8 Å². The number of carbonyl (C=O) groups excluding carboxylic acids is 1. The van der Waals surface area contributed by atoms with Gasteiger partial charge in [0.15, 0.2) is 6.10 Å². The van der Waals surface area contributed by atoms with Crippen molar-refractivity contribution < 1.29 is 9.53 Å². The molecule has 92 valence electrons. The van der Waals surface area contributed by atoms with Gasteiger partial charge in [-0.2, -0.15) is 5.10 Å². The molecular formula is C13H18N2O2. The van der Waals surface area contributed by atoms with E-state index in [0.29, 0.717) is 0 Å². The number of rotatable bonds is 5. The van der Waals surface area contributed by atoms with Crippen LogP contribution in [0.3, 0.4) is 0 Å². The number of hydrogen-bond acceptors (Lipinski definition) is 3. The molecule has 0 radical (unpaired) electrons. The molecular weight excluding hydrogens is 216 g/mol. The molecule has 0 aliphatic carbocycles. The van der Waals surface area contributed by atoms with Crippen molar-refractivity contribution in [3.8, 4) is 0 Å². The lowest BCUT2D eigenvalue weighted by Gasteiger charge is -2.13. The normalized spacial score (nSPS) is 13.2. The molecule has 0 saturated carbocycles. The quantitative estimate of drug-likeness (QED) is 0.627. The second kappa shape index (κ2) is 6.81. The van der Waals surface area contributed by atoms with E-state index in [1.807, 2.05) is 44.2 Å². The third-order valence-corrected chi connectivity index (χ3v) is 2.44. The molecule has 0 bridgehead atoms. The monoisotopic (exact) mass is 234 g/mol. The summed E-state index contributed by atoms with van der Waals surface area (Å²) in [5, 5.41) is 3.97. The van der Waals surface area contributed by atoms with Crippen LogP contribution in [0.4, 0.5) is 0 Å². The highest BCUT2D eigenvalue weighted by atomic mass is 16.5. The Hall–Kier alpha value is -1.68. The first-order valence-electron chi connectivity index (χ1n) is 5.59. The second-order valence-corrected chi connectivity index (χ2v) is 3.70. The first kappa shape index (κ1) is 13.4. The topological polar surface area (TPSA) is 50.7 Å². The van der Waals surface area contributed by atoms with Crippen LogP contribution in [0.5, 0.6) is 0 Å². The van der Waals surface area contributed by atoms with E-state index in [0.717, 1.165) is 17.7 Å². The minimum Gasteiger partial charge on any atom is -0.367 e. The van der Waals surface area contributed by atoms with E-state index in [1.165, 1.54) is 7.11 Å². The Labute approximate surface area is 102 Å². The summed E-state index contributed by atoms with van der Waals surface area (Å²) < 4.78 is 5.18. The summed E-state index contributed by atoms with van der Waals surface area (Å²) in [4.78, 5) is 11.9. The number of amides is 1. The van der Waals surface area contributed by atoms with Gasteiger partial charge in [-0.15, -0.1) is 0 Å². The molecule has 4 heteroatoms. The van der Waals surface area contributed by atoms with Crippen molar-refractivity contribution >= 4 is 11.6 Å². The summed E-state index contributed by atoms with van der Waals surface area (Å²) in [5.41, 5.74) is 4.20. The molecule has 1 amide bonds. The molecule has 0 aromatic heterocycles. The summed E-state index contributed by atoms with van der Waals surface area (Å²) in [6.07, 6.45) is 0.188. The van der Waals surface area contributed by atoms with E-state index in [-0.39, 0.29) is 5.91 Å². The number of nitrogens with zero attached hydrogens (tertiary/aromatic N) is 1. The van der Waals surface area contributed by atoms with Crippen LogP contribution in [0.15, 0.2) is 35.4 Å². The van der Waals surface area contributed by atoms with Gasteiger partial charge in [0.2, 0.25) is 0 Å². The Morgan fingerprint density at radius 2 is 2.06 bits per heavy atom. The molecule has 0 saturated heterocycles. The van der Waals surface area contributed by atoms with Crippen LogP contribution in [0.2, 0.25) is 0 Å². The van der Waals surface area contributed by atoms with Crippen molar-refractivity contribution in [1.29, 1.82) is 0 Å². The first-order chi connectivity index (χ1) is 8.19. The summed E-state index contributed by atoms with van der Waals surface area (Å²) in [7, 11) is 1.51. The van der Waals surface area contributed by atoms with Gasteiger partial charge < -0.3 is 4.74 Å². The fourth-order valence-electron chi connectivity index (χ4n) is 1.31. The predicted octanol–water partition coefficient (Wildman–Crippen LogP) is 2.28. The zero-order valence-corrected chi connectivity index (χ0v) is 10.4. The van der Waals surface area contributed by atoms with Gasteiger partial charge in [-0.1, -0.05) is 37.3 Å². The Morgan fingerprint density at radius 3 is 2.59 bits per heavy atom. The van der Waals surface area contributed by atoms with Crippen LogP contribution in [0.1, 0.15) is 31.9 Å². The SMILES string of the molecule is CC/C(C)=N\NC(=O)[C@H](OC)c1ccccc1. The van der Waals surface area contributed by atoms with Gasteiger partial charge in [0.25, 0.3) is 5.91 Å². The molecule has 4 nitrogen and oxygen atoms in total. The van der Waals surface area contributed by atoms with Crippen LogP contribution in [-0.2, 0) is 9.53 Å². The van der Waals surface area contributed by atoms with E-state index >= 15 is 0 Å². The number of carbonyl (C=O) groups is 1. The smallest absolute Gasteiger partial charge is 0.273 e. The molecule has 17 heavy (non-hydrogen) atoms. The van der Waals surface area contributed by atoms with Crippen LogP contribution in [-0.4, -0.2) is 18.7 Å². The summed E-state index contributed by atoms with van der Waals surface area (Å²) >= 11 is 0. The Bertz CT molecular complexity index is 388. The summed E-state index contributed by atoms with van der Waals surface area (Å²) in [6.45, 7) is 3.85. The zero-order valence-electron chi connectivity index (χ0n) is 10.4. The van der Waals surface area contributed by atoms with Gasteiger partial charge in [-0.3, -0.25) is 4.79 Å².